The lowest BCUT2D eigenvalue weighted by Crippen LogP contribution is -2.10. The molecule has 2 aromatic carbocycles. The molecular formula is C19H16N3O3S-. The monoisotopic (exact) mass is 366 g/mol. The minimum atomic E-state index is -2.12. The lowest BCUT2D eigenvalue weighted by atomic mass is 9.99. The van der Waals surface area contributed by atoms with Crippen molar-refractivity contribution < 1.29 is 13.6 Å². The molecule has 0 aliphatic rings. The summed E-state index contributed by atoms with van der Waals surface area (Å²) >= 11 is -2.12. The summed E-state index contributed by atoms with van der Waals surface area (Å²) < 4.78 is 21.6. The number of rotatable bonds is 5. The second kappa shape index (κ2) is 7.47. The standard InChI is InChI=1S/C19H17N3O3S/c20-18-17(14-5-7-15(8-6-14)19(21)23)9-16(10-22-18)13-3-1-12(2-4-13)11-26(24)25/h1-10H,11H2,(H2,20,22)(H2,21,23)(H,24,25)/p-1. The minimum absolute atomic E-state index is 0.0161. The van der Waals surface area contributed by atoms with Crippen LogP contribution < -0.4 is 11.5 Å². The van der Waals surface area contributed by atoms with Gasteiger partial charge in [-0.2, -0.15) is 0 Å². The molecule has 0 fully saturated rings. The van der Waals surface area contributed by atoms with Gasteiger partial charge in [0.1, 0.15) is 5.82 Å². The molecule has 1 atom stereocenters. The molecule has 0 saturated heterocycles. The quantitative estimate of drug-likeness (QED) is 0.672. The van der Waals surface area contributed by atoms with Crippen molar-refractivity contribution in [3.8, 4) is 22.3 Å². The molecule has 0 aliphatic heterocycles. The molecule has 6 nitrogen and oxygen atoms in total. The Bertz CT molecular complexity index is 970. The number of carbonyl (C=O) groups is 1. The zero-order valence-electron chi connectivity index (χ0n) is 13.7. The van der Waals surface area contributed by atoms with Crippen LogP contribution >= 0.6 is 0 Å². The van der Waals surface area contributed by atoms with Crippen LogP contribution in [0.4, 0.5) is 5.82 Å². The summed E-state index contributed by atoms with van der Waals surface area (Å²) in [6.45, 7) is 0. The van der Waals surface area contributed by atoms with Crippen molar-refractivity contribution in [3.63, 3.8) is 0 Å². The first kappa shape index (κ1) is 17.8. The summed E-state index contributed by atoms with van der Waals surface area (Å²) in [5.74, 6) is -0.132. The number of nitrogens with two attached hydrogens (primary N) is 2. The molecule has 0 radical (unpaired) electrons. The van der Waals surface area contributed by atoms with Gasteiger partial charge in [-0.1, -0.05) is 47.5 Å². The second-order valence-electron chi connectivity index (χ2n) is 5.74. The second-order valence-corrected chi connectivity index (χ2v) is 6.64. The summed E-state index contributed by atoms with van der Waals surface area (Å²) in [7, 11) is 0. The van der Waals surface area contributed by atoms with Crippen molar-refractivity contribution in [2.75, 3.05) is 5.73 Å². The molecule has 1 aromatic heterocycles. The molecule has 0 saturated carbocycles. The Morgan fingerprint density at radius 1 is 1.00 bits per heavy atom. The van der Waals surface area contributed by atoms with Gasteiger partial charge >= 0.3 is 0 Å². The minimum Gasteiger partial charge on any atom is -0.772 e. The summed E-state index contributed by atoms with van der Waals surface area (Å²) in [5, 5.41) is 0. The Morgan fingerprint density at radius 2 is 1.62 bits per heavy atom. The lowest BCUT2D eigenvalue weighted by molar-refractivity contribution is 0.100. The van der Waals surface area contributed by atoms with Crippen molar-refractivity contribution >= 4 is 22.8 Å². The highest BCUT2D eigenvalue weighted by Crippen LogP contribution is 2.30. The third-order valence-electron chi connectivity index (χ3n) is 3.97. The summed E-state index contributed by atoms with van der Waals surface area (Å²) in [5.41, 5.74) is 15.7. The van der Waals surface area contributed by atoms with E-state index in [1.165, 1.54) is 0 Å². The largest absolute Gasteiger partial charge is 0.772 e. The molecule has 7 heteroatoms. The third-order valence-corrected chi connectivity index (χ3v) is 4.54. The van der Waals surface area contributed by atoms with Crippen LogP contribution in [0, 0.1) is 0 Å². The van der Waals surface area contributed by atoms with Gasteiger partial charge in [-0.05, 0) is 34.9 Å². The number of benzene rings is 2. The first-order valence-electron chi connectivity index (χ1n) is 7.75. The number of hydrogen-bond acceptors (Lipinski definition) is 5. The molecule has 3 rings (SSSR count). The van der Waals surface area contributed by atoms with Crippen molar-refractivity contribution in [1.29, 1.82) is 0 Å². The number of nitrogens with zero attached hydrogens (tertiary/aromatic N) is 1. The zero-order valence-corrected chi connectivity index (χ0v) is 14.5. The van der Waals surface area contributed by atoms with E-state index in [-0.39, 0.29) is 5.75 Å². The molecule has 0 aliphatic carbocycles. The van der Waals surface area contributed by atoms with Gasteiger partial charge in [0.05, 0.1) is 0 Å². The molecule has 4 N–H and O–H groups in total. The maximum absolute atomic E-state index is 11.2. The Morgan fingerprint density at radius 3 is 2.19 bits per heavy atom. The van der Waals surface area contributed by atoms with E-state index >= 15 is 0 Å². The Hall–Kier alpha value is -3.03. The van der Waals surface area contributed by atoms with E-state index in [4.69, 9.17) is 11.5 Å². The normalized spacial score (nSPS) is 11.9. The predicted molar refractivity (Wildman–Crippen MR) is 101 cm³/mol. The number of carbonyl (C=O) groups excluding carboxylic acids is 1. The van der Waals surface area contributed by atoms with Crippen LogP contribution in [0.1, 0.15) is 15.9 Å². The van der Waals surface area contributed by atoms with E-state index in [0.717, 1.165) is 22.3 Å². The number of primary amides is 1. The number of anilines is 1. The maximum Gasteiger partial charge on any atom is 0.248 e. The summed E-state index contributed by atoms with van der Waals surface area (Å²) in [6.07, 6.45) is 1.66. The van der Waals surface area contributed by atoms with E-state index in [1.807, 2.05) is 18.2 Å². The van der Waals surface area contributed by atoms with E-state index in [0.29, 0.717) is 16.9 Å². The van der Waals surface area contributed by atoms with Gasteiger partial charge in [-0.15, -0.1) is 0 Å². The van der Waals surface area contributed by atoms with Gasteiger partial charge in [0.25, 0.3) is 0 Å². The van der Waals surface area contributed by atoms with Crippen molar-refractivity contribution in [2.45, 2.75) is 5.75 Å². The topological polar surface area (TPSA) is 122 Å². The lowest BCUT2D eigenvalue weighted by Gasteiger charge is -2.10. The average Bonchev–Trinajstić information content (AvgIpc) is 2.62. The number of amides is 1. The van der Waals surface area contributed by atoms with Crippen LogP contribution in [0.15, 0.2) is 60.8 Å². The van der Waals surface area contributed by atoms with Crippen molar-refractivity contribution in [2.24, 2.45) is 5.73 Å². The number of pyridine rings is 1. The predicted octanol–water partition coefficient (Wildman–Crippen LogP) is 2.48. The van der Waals surface area contributed by atoms with Gasteiger partial charge in [0.2, 0.25) is 5.91 Å². The molecule has 0 spiro atoms. The molecule has 26 heavy (non-hydrogen) atoms. The van der Waals surface area contributed by atoms with Gasteiger partial charge in [0.15, 0.2) is 0 Å². The SMILES string of the molecule is NC(=O)c1ccc(-c2cc(-c3ccc(CS(=O)[O-])cc3)cnc2N)cc1. The van der Waals surface area contributed by atoms with E-state index in [1.54, 1.807) is 42.6 Å². The molecule has 1 amide bonds. The fourth-order valence-electron chi connectivity index (χ4n) is 2.61. The highest BCUT2D eigenvalue weighted by atomic mass is 32.2. The molecule has 132 valence electrons. The number of hydrogen-bond donors (Lipinski definition) is 2. The summed E-state index contributed by atoms with van der Waals surface area (Å²) in [6, 6.07) is 15.9. The molecule has 1 unspecified atom stereocenters. The molecule has 1 heterocycles. The first-order chi connectivity index (χ1) is 12.4. The Balaban J connectivity index is 1.94. The first-order valence-corrected chi connectivity index (χ1v) is 8.99. The van der Waals surface area contributed by atoms with Crippen LogP contribution in [0.5, 0.6) is 0 Å². The summed E-state index contributed by atoms with van der Waals surface area (Å²) in [4.78, 5) is 15.4. The zero-order chi connectivity index (χ0) is 18.7. The Labute approximate surface area is 153 Å². The maximum atomic E-state index is 11.2. The van der Waals surface area contributed by atoms with Crippen LogP contribution in [-0.2, 0) is 16.8 Å². The highest BCUT2D eigenvalue weighted by Gasteiger charge is 2.08. The molecule has 0 bridgehead atoms. The van der Waals surface area contributed by atoms with Crippen molar-refractivity contribution in [3.05, 3.63) is 71.9 Å². The van der Waals surface area contributed by atoms with Crippen LogP contribution in [0.25, 0.3) is 22.3 Å². The van der Waals surface area contributed by atoms with Gasteiger partial charge < -0.3 is 16.0 Å². The van der Waals surface area contributed by atoms with Crippen molar-refractivity contribution in [1.82, 2.24) is 4.98 Å². The van der Waals surface area contributed by atoms with Crippen LogP contribution in [0.3, 0.4) is 0 Å². The van der Waals surface area contributed by atoms with Gasteiger partial charge in [0, 0.05) is 28.6 Å². The van der Waals surface area contributed by atoms with E-state index in [2.05, 4.69) is 4.98 Å². The van der Waals surface area contributed by atoms with Crippen LogP contribution in [0.2, 0.25) is 0 Å². The number of aromatic nitrogens is 1. The van der Waals surface area contributed by atoms with E-state index in [9.17, 15) is 13.6 Å². The fourth-order valence-corrected chi connectivity index (χ4v) is 3.07. The Kier molecular flexibility index (Phi) is 5.11. The highest BCUT2D eigenvalue weighted by molar-refractivity contribution is 7.78. The smallest absolute Gasteiger partial charge is 0.248 e. The average molecular weight is 366 g/mol. The fraction of sp³-hybridized carbons (Fsp3) is 0.0526. The third kappa shape index (κ3) is 3.96. The molecular weight excluding hydrogens is 350 g/mol. The molecule has 3 aromatic rings. The number of nitrogen functional groups attached to an aromatic ring is 1. The van der Waals surface area contributed by atoms with Crippen LogP contribution in [-0.4, -0.2) is 19.7 Å². The van der Waals surface area contributed by atoms with Gasteiger partial charge in [-0.25, -0.2) is 4.98 Å². The van der Waals surface area contributed by atoms with E-state index < -0.39 is 17.0 Å². The van der Waals surface area contributed by atoms with Gasteiger partial charge in [-0.3, -0.25) is 9.00 Å².